The van der Waals surface area contributed by atoms with Crippen LogP contribution in [-0.2, 0) is 11.5 Å². The van der Waals surface area contributed by atoms with E-state index in [1.807, 2.05) is 36.6 Å². The molecule has 8 heteroatoms. The van der Waals surface area contributed by atoms with Crippen LogP contribution in [0.5, 0.6) is 0 Å². The summed E-state index contributed by atoms with van der Waals surface area (Å²) in [5.41, 5.74) is 0.904. The van der Waals surface area contributed by atoms with Crippen LogP contribution in [0.2, 0.25) is 0 Å². The van der Waals surface area contributed by atoms with Crippen LogP contribution in [0.1, 0.15) is 11.8 Å². The highest BCUT2D eigenvalue weighted by Gasteiger charge is 2.11. The average Bonchev–Trinajstić information content (AvgIpc) is 3.16. The van der Waals surface area contributed by atoms with Crippen LogP contribution >= 0.6 is 23.5 Å². The third kappa shape index (κ3) is 3.64. The molecule has 0 aliphatic heterocycles. The van der Waals surface area contributed by atoms with Gasteiger partial charge in [-0.05, 0) is 18.4 Å². The van der Waals surface area contributed by atoms with Crippen LogP contribution < -0.4 is 0 Å². The van der Waals surface area contributed by atoms with Gasteiger partial charge in [0.25, 0.3) is 5.22 Å². The molecule has 0 amide bonds. The van der Waals surface area contributed by atoms with Crippen molar-refractivity contribution in [3.05, 3.63) is 42.1 Å². The van der Waals surface area contributed by atoms with E-state index in [-0.39, 0.29) is 0 Å². The van der Waals surface area contributed by atoms with E-state index < -0.39 is 0 Å². The van der Waals surface area contributed by atoms with Gasteiger partial charge in [-0.2, -0.15) is 11.8 Å². The van der Waals surface area contributed by atoms with Crippen LogP contribution in [0, 0.1) is 0 Å². The molecule has 0 aliphatic rings. The summed E-state index contributed by atoms with van der Waals surface area (Å²) in [4.78, 5) is 0. The maximum absolute atomic E-state index is 5.61. The van der Waals surface area contributed by atoms with E-state index in [0.29, 0.717) is 34.4 Å². The lowest BCUT2D eigenvalue weighted by Gasteiger charge is -1.92. The molecule has 21 heavy (non-hydrogen) atoms. The first-order valence-corrected chi connectivity index (χ1v) is 8.55. The molecule has 108 valence electrons. The standard InChI is InChI=1S/C13H12N4O2S2/c1-20-7-10-15-17-13(19-10)21-8-11-14-16-12(18-11)9-5-3-2-4-6-9/h2-6H,7-8H2,1H3. The van der Waals surface area contributed by atoms with Gasteiger partial charge in [-0.25, -0.2) is 0 Å². The molecule has 3 aromatic rings. The maximum Gasteiger partial charge on any atom is 0.277 e. The van der Waals surface area contributed by atoms with Gasteiger partial charge in [-0.15, -0.1) is 20.4 Å². The Morgan fingerprint density at radius 1 is 0.905 bits per heavy atom. The molecule has 0 atom stereocenters. The number of hydrogen-bond acceptors (Lipinski definition) is 8. The van der Waals surface area contributed by atoms with Crippen LogP contribution in [0.4, 0.5) is 0 Å². The highest BCUT2D eigenvalue weighted by atomic mass is 32.2. The third-order valence-corrected chi connectivity index (χ3v) is 3.86. The number of hydrogen-bond donors (Lipinski definition) is 0. The Balaban J connectivity index is 1.62. The molecule has 0 saturated heterocycles. The van der Waals surface area contributed by atoms with Gasteiger partial charge in [-0.3, -0.25) is 0 Å². The lowest BCUT2D eigenvalue weighted by atomic mass is 10.2. The molecular weight excluding hydrogens is 308 g/mol. The fourth-order valence-electron chi connectivity index (χ4n) is 1.61. The topological polar surface area (TPSA) is 77.8 Å². The van der Waals surface area contributed by atoms with E-state index in [1.165, 1.54) is 11.8 Å². The summed E-state index contributed by atoms with van der Waals surface area (Å²) < 4.78 is 11.1. The molecule has 2 heterocycles. The van der Waals surface area contributed by atoms with Crippen molar-refractivity contribution in [2.24, 2.45) is 0 Å². The van der Waals surface area contributed by atoms with Gasteiger partial charge in [0.15, 0.2) is 0 Å². The predicted molar refractivity (Wildman–Crippen MR) is 80.8 cm³/mol. The SMILES string of the molecule is CSCc1nnc(SCc2nnc(-c3ccccc3)o2)o1. The van der Waals surface area contributed by atoms with E-state index in [1.54, 1.807) is 11.8 Å². The van der Waals surface area contributed by atoms with Gasteiger partial charge < -0.3 is 8.83 Å². The monoisotopic (exact) mass is 320 g/mol. The normalized spacial score (nSPS) is 10.9. The minimum absolute atomic E-state index is 0.501. The summed E-state index contributed by atoms with van der Waals surface area (Å²) in [6.45, 7) is 0. The van der Waals surface area contributed by atoms with Gasteiger partial charge in [0.2, 0.25) is 17.7 Å². The van der Waals surface area contributed by atoms with Crippen molar-refractivity contribution >= 4 is 23.5 Å². The van der Waals surface area contributed by atoms with E-state index in [2.05, 4.69) is 20.4 Å². The van der Waals surface area contributed by atoms with E-state index >= 15 is 0 Å². The predicted octanol–water partition coefficient (Wildman–Crippen LogP) is 3.27. The van der Waals surface area contributed by atoms with Crippen molar-refractivity contribution in [3.63, 3.8) is 0 Å². The summed E-state index contributed by atoms with van der Waals surface area (Å²) in [5, 5.41) is 16.5. The third-order valence-electron chi connectivity index (χ3n) is 2.52. The van der Waals surface area contributed by atoms with Gasteiger partial charge in [0.1, 0.15) is 0 Å². The second-order valence-corrected chi connectivity index (χ2v) is 5.84. The van der Waals surface area contributed by atoms with Crippen molar-refractivity contribution in [2.75, 3.05) is 6.26 Å². The fourth-order valence-corrected chi connectivity index (χ4v) is 2.59. The maximum atomic E-state index is 5.61. The Labute approximate surface area is 129 Å². The zero-order chi connectivity index (χ0) is 14.5. The van der Waals surface area contributed by atoms with E-state index in [9.17, 15) is 0 Å². The molecular formula is C13H12N4O2S2. The molecule has 0 aliphatic carbocycles. The van der Waals surface area contributed by atoms with Gasteiger partial charge >= 0.3 is 0 Å². The minimum Gasteiger partial charge on any atom is -0.420 e. The molecule has 0 saturated carbocycles. The lowest BCUT2D eigenvalue weighted by molar-refractivity contribution is 0.426. The lowest BCUT2D eigenvalue weighted by Crippen LogP contribution is -1.80. The number of thioether (sulfide) groups is 2. The Morgan fingerprint density at radius 3 is 2.48 bits per heavy atom. The molecule has 6 nitrogen and oxygen atoms in total. The van der Waals surface area contributed by atoms with Crippen LogP contribution in [-0.4, -0.2) is 26.7 Å². The van der Waals surface area contributed by atoms with Crippen LogP contribution in [0.3, 0.4) is 0 Å². The molecule has 3 rings (SSSR count). The average molecular weight is 320 g/mol. The van der Waals surface area contributed by atoms with Crippen LogP contribution in [0.15, 0.2) is 44.4 Å². The summed E-state index contributed by atoms with van der Waals surface area (Å²) in [7, 11) is 0. The minimum atomic E-state index is 0.501. The van der Waals surface area contributed by atoms with Crippen molar-refractivity contribution in [2.45, 2.75) is 16.7 Å². The number of aromatic nitrogens is 4. The highest BCUT2D eigenvalue weighted by molar-refractivity contribution is 7.98. The first kappa shape index (κ1) is 14.2. The van der Waals surface area contributed by atoms with Crippen molar-refractivity contribution in [1.29, 1.82) is 0 Å². The summed E-state index contributed by atoms with van der Waals surface area (Å²) in [6.07, 6.45) is 1.99. The molecule has 0 bridgehead atoms. The molecule has 0 fully saturated rings. The van der Waals surface area contributed by atoms with E-state index in [0.717, 1.165) is 5.56 Å². The molecule has 1 aromatic carbocycles. The highest BCUT2D eigenvalue weighted by Crippen LogP contribution is 2.24. The summed E-state index contributed by atoms with van der Waals surface area (Å²) in [5.74, 6) is 2.89. The Bertz CT molecular complexity index is 699. The largest absolute Gasteiger partial charge is 0.420 e. The quantitative estimate of drug-likeness (QED) is 0.640. The van der Waals surface area contributed by atoms with Crippen molar-refractivity contribution in [1.82, 2.24) is 20.4 Å². The number of rotatable bonds is 6. The zero-order valence-electron chi connectivity index (χ0n) is 11.2. The second-order valence-electron chi connectivity index (χ2n) is 4.05. The first-order chi connectivity index (χ1) is 10.3. The fraction of sp³-hybridized carbons (Fsp3) is 0.231. The Hall–Kier alpha value is -1.80. The number of nitrogens with zero attached hydrogens (tertiary/aromatic N) is 4. The molecule has 2 aromatic heterocycles. The molecule has 0 N–H and O–H groups in total. The molecule has 0 radical (unpaired) electrons. The molecule has 0 spiro atoms. The first-order valence-electron chi connectivity index (χ1n) is 6.17. The van der Waals surface area contributed by atoms with Crippen molar-refractivity contribution in [3.8, 4) is 11.5 Å². The summed E-state index contributed by atoms with van der Waals surface area (Å²) >= 11 is 3.02. The number of benzene rings is 1. The zero-order valence-corrected chi connectivity index (χ0v) is 12.9. The Morgan fingerprint density at radius 2 is 1.67 bits per heavy atom. The summed E-state index contributed by atoms with van der Waals surface area (Å²) in [6, 6.07) is 9.66. The smallest absolute Gasteiger partial charge is 0.277 e. The van der Waals surface area contributed by atoms with Gasteiger partial charge in [-0.1, -0.05) is 30.0 Å². The van der Waals surface area contributed by atoms with Gasteiger partial charge in [0, 0.05) is 5.56 Å². The Kier molecular flexibility index (Phi) is 4.56. The molecule has 0 unspecified atom stereocenters. The van der Waals surface area contributed by atoms with Crippen LogP contribution in [0.25, 0.3) is 11.5 Å². The van der Waals surface area contributed by atoms with E-state index in [4.69, 9.17) is 8.83 Å². The van der Waals surface area contributed by atoms with Crippen molar-refractivity contribution < 1.29 is 8.83 Å². The second kappa shape index (κ2) is 6.77. The van der Waals surface area contributed by atoms with Gasteiger partial charge in [0.05, 0.1) is 11.5 Å².